The fraction of sp³-hybridized carbons (Fsp3) is 0.105. The maximum Gasteiger partial charge on any atom is 0.367 e. The summed E-state index contributed by atoms with van der Waals surface area (Å²) in [6, 6.07) is 15.3. The molecule has 0 atom stereocenters. The molecule has 0 saturated heterocycles. The number of ether oxygens (including phenoxy) is 1. The van der Waals surface area contributed by atoms with Gasteiger partial charge in [-0.05, 0) is 37.1 Å². The molecule has 0 radical (unpaired) electrons. The van der Waals surface area contributed by atoms with Crippen molar-refractivity contribution in [2.75, 3.05) is 0 Å². The number of nitrogens with zero attached hydrogens (tertiary/aromatic N) is 2. The SMILES string of the molecule is Cc1ccc(-n2nc3c(c2-c2ccccc2)C(=O)OC3=O)cc1C. The van der Waals surface area contributed by atoms with Crippen molar-refractivity contribution >= 4 is 11.9 Å². The van der Waals surface area contributed by atoms with E-state index in [2.05, 4.69) is 5.10 Å². The topological polar surface area (TPSA) is 61.2 Å². The molecule has 2 heterocycles. The number of carbonyl (C=O) groups excluding carboxylic acids is 2. The van der Waals surface area contributed by atoms with E-state index in [1.54, 1.807) is 4.68 Å². The fourth-order valence-corrected chi connectivity index (χ4v) is 2.84. The molecule has 0 bridgehead atoms. The summed E-state index contributed by atoms with van der Waals surface area (Å²) in [5.74, 6) is -1.35. The Balaban J connectivity index is 2.03. The summed E-state index contributed by atoms with van der Waals surface area (Å²) in [5, 5.41) is 4.36. The van der Waals surface area contributed by atoms with Gasteiger partial charge in [0.25, 0.3) is 0 Å². The molecule has 2 aromatic carbocycles. The predicted octanol–water partition coefficient (Wildman–Crippen LogP) is 3.47. The molecule has 1 aromatic heterocycles. The predicted molar refractivity (Wildman–Crippen MR) is 88.2 cm³/mol. The van der Waals surface area contributed by atoms with Crippen LogP contribution in [-0.2, 0) is 4.74 Å². The minimum absolute atomic E-state index is 0.0667. The van der Waals surface area contributed by atoms with Crippen molar-refractivity contribution < 1.29 is 14.3 Å². The standard InChI is InChI=1S/C19H14N2O3/c1-11-8-9-14(10-12(11)2)21-17(13-6-4-3-5-7-13)15-16(20-21)19(23)24-18(15)22/h3-10H,1-2H3. The van der Waals surface area contributed by atoms with Crippen molar-refractivity contribution in [3.8, 4) is 16.9 Å². The van der Waals surface area contributed by atoms with Gasteiger partial charge in [-0.3, -0.25) is 0 Å². The molecule has 0 aliphatic carbocycles. The van der Waals surface area contributed by atoms with Gasteiger partial charge in [0.15, 0.2) is 5.69 Å². The molecule has 0 amide bonds. The second kappa shape index (κ2) is 5.16. The molecule has 118 valence electrons. The average molecular weight is 318 g/mol. The van der Waals surface area contributed by atoms with Crippen LogP contribution < -0.4 is 0 Å². The van der Waals surface area contributed by atoms with Gasteiger partial charge in [-0.15, -0.1) is 0 Å². The van der Waals surface area contributed by atoms with E-state index in [0.717, 1.165) is 22.4 Å². The number of benzene rings is 2. The van der Waals surface area contributed by atoms with Crippen molar-refractivity contribution in [3.63, 3.8) is 0 Å². The van der Waals surface area contributed by atoms with Crippen LogP contribution in [0.25, 0.3) is 16.9 Å². The second-order valence-electron chi connectivity index (χ2n) is 5.80. The first-order valence-corrected chi connectivity index (χ1v) is 7.59. The number of esters is 2. The maximum atomic E-state index is 12.1. The summed E-state index contributed by atoms with van der Waals surface area (Å²) in [5.41, 5.74) is 4.74. The number of hydrogen-bond donors (Lipinski definition) is 0. The number of fused-ring (bicyclic) bond motifs is 1. The number of aryl methyl sites for hydroxylation is 2. The molecule has 0 unspecified atom stereocenters. The largest absolute Gasteiger partial charge is 0.384 e. The van der Waals surface area contributed by atoms with Crippen LogP contribution in [-0.4, -0.2) is 21.7 Å². The normalized spacial score (nSPS) is 13.1. The third-order valence-electron chi connectivity index (χ3n) is 4.25. The Kier molecular flexibility index (Phi) is 3.09. The van der Waals surface area contributed by atoms with Gasteiger partial charge >= 0.3 is 11.9 Å². The Morgan fingerprint density at radius 2 is 1.67 bits per heavy atom. The van der Waals surface area contributed by atoms with Gasteiger partial charge < -0.3 is 4.74 Å². The van der Waals surface area contributed by atoms with Gasteiger partial charge in [0.2, 0.25) is 0 Å². The fourth-order valence-electron chi connectivity index (χ4n) is 2.84. The van der Waals surface area contributed by atoms with Crippen molar-refractivity contribution in [2.24, 2.45) is 0 Å². The molecule has 5 nitrogen and oxygen atoms in total. The van der Waals surface area contributed by atoms with E-state index in [1.165, 1.54) is 0 Å². The van der Waals surface area contributed by atoms with E-state index in [0.29, 0.717) is 5.69 Å². The average Bonchev–Trinajstić information content (AvgIpc) is 3.10. The zero-order chi connectivity index (χ0) is 16.8. The van der Waals surface area contributed by atoms with Gasteiger partial charge in [-0.25, -0.2) is 14.3 Å². The Morgan fingerprint density at radius 1 is 0.917 bits per heavy atom. The van der Waals surface area contributed by atoms with Gasteiger partial charge in [0.05, 0.1) is 11.4 Å². The van der Waals surface area contributed by atoms with E-state index in [4.69, 9.17) is 4.74 Å². The molecular formula is C19H14N2O3. The van der Waals surface area contributed by atoms with Crippen LogP contribution in [0.2, 0.25) is 0 Å². The summed E-state index contributed by atoms with van der Waals surface area (Å²) in [6.07, 6.45) is 0. The zero-order valence-corrected chi connectivity index (χ0v) is 13.2. The first kappa shape index (κ1) is 14.4. The van der Waals surface area contributed by atoms with Crippen LogP contribution in [0.1, 0.15) is 32.0 Å². The van der Waals surface area contributed by atoms with Gasteiger partial charge in [-0.1, -0.05) is 36.4 Å². The summed E-state index contributed by atoms with van der Waals surface area (Å²) in [7, 11) is 0. The highest BCUT2D eigenvalue weighted by atomic mass is 16.6. The summed E-state index contributed by atoms with van der Waals surface area (Å²) in [4.78, 5) is 24.0. The lowest BCUT2D eigenvalue weighted by molar-refractivity contribution is 0.0439. The minimum atomic E-state index is -0.699. The Labute approximate surface area is 138 Å². The van der Waals surface area contributed by atoms with E-state index in [1.807, 2.05) is 62.4 Å². The van der Waals surface area contributed by atoms with Crippen LogP contribution in [0.5, 0.6) is 0 Å². The Bertz CT molecular complexity index is 987. The maximum absolute atomic E-state index is 12.1. The van der Waals surface area contributed by atoms with Crippen molar-refractivity contribution in [1.82, 2.24) is 9.78 Å². The van der Waals surface area contributed by atoms with E-state index in [-0.39, 0.29) is 11.3 Å². The summed E-state index contributed by atoms with van der Waals surface area (Å²) in [6.45, 7) is 4.04. The van der Waals surface area contributed by atoms with Gasteiger partial charge in [0.1, 0.15) is 5.56 Å². The quantitative estimate of drug-likeness (QED) is 0.536. The highest BCUT2D eigenvalue weighted by molar-refractivity contribution is 6.16. The smallest absolute Gasteiger partial charge is 0.367 e. The monoisotopic (exact) mass is 318 g/mol. The molecule has 0 saturated carbocycles. The number of aromatic nitrogens is 2. The molecule has 0 N–H and O–H groups in total. The molecule has 5 heteroatoms. The lowest BCUT2D eigenvalue weighted by Gasteiger charge is -2.11. The Morgan fingerprint density at radius 3 is 2.38 bits per heavy atom. The van der Waals surface area contributed by atoms with E-state index < -0.39 is 11.9 Å². The van der Waals surface area contributed by atoms with Crippen molar-refractivity contribution in [3.05, 3.63) is 70.9 Å². The molecule has 0 fully saturated rings. The lowest BCUT2D eigenvalue weighted by atomic mass is 10.1. The molecule has 4 rings (SSSR count). The highest BCUT2D eigenvalue weighted by Gasteiger charge is 2.38. The van der Waals surface area contributed by atoms with Gasteiger partial charge in [0, 0.05) is 5.56 Å². The second-order valence-corrected chi connectivity index (χ2v) is 5.80. The van der Waals surface area contributed by atoms with Crippen molar-refractivity contribution in [2.45, 2.75) is 13.8 Å². The number of rotatable bonds is 2. The molecule has 24 heavy (non-hydrogen) atoms. The summed E-state index contributed by atoms with van der Waals surface area (Å²) >= 11 is 0. The van der Waals surface area contributed by atoms with Crippen LogP contribution in [0.4, 0.5) is 0 Å². The number of hydrogen-bond acceptors (Lipinski definition) is 4. The Hall–Kier alpha value is -3.21. The van der Waals surface area contributed by atoms with Crippen LogP contribution in [0.15, 0.2) is 48.5 Å². The molecule has 3 aromatic rings. The molecule has 0 spiro atoms. The van der Waals surface area contributed by atoms with Crippen LogP contribution in [0.3, 0.4) is 0 Å². The molecule has 1 aliphatic heterocycles. The number of carbonyl (C=O) groups is 2. The first-order valence-electron chi connectivity index (χ1n) is 7.59. The highest BCUT2D eigenvalue weighted by Crippen LogP contribution is 2.33. The van der Waals surface area contributed by atoms with Crippen LogP contribution in [0, 0.1) is 13.8 Å². The van der Waals surface area contributed by atoms with E-state index in [9.17, 15) is 9.59 Å². The molecular weight excluding hydrogens is 304 g/mol. The lowest BCUT2D eigenvalue weighted by Crippen LogP contribution is -2.07. The zero-order valence-electron chi connectivity index (χ0n) is 13.2. The molecule has 1 aliphatic rings. The number of cyclic esters (lactones) is 2. The third-order valence-corrected chi connectivity index (χ3v) is 4.25. The summed E-state index contributed by atoms with van der Waals surface area (Å²) < 4.78 is 6.36. The third kappa shape index (κ3) is 2.06. The van der Waals surface area contributed by atoms with Crippen molar-refractivity contribution in [1.29, 1.82) is 0 Å². The van der Waals surface area contributed by atoms with Gasteiger partial charge in [-0.2, -0.15) is 5.10 Å². The van der Waals surface area contributed by atoms with Crippen LogP contribution >= 0.6 is 0 Å². The minimum Gasteiger partial charge on any atom is -0.384 e. The van der Waals surface area contributed by atoms with E-state index >= 15 is 0 Å². The first-order chi connectivity index (χ1) is 11.6.